The molecule has 0 saturated carbocycles. The summed E-state index contributed by atoms with van der Waals surface area (Å²) in [6.45, 7) is 10.1. The molecule has 0 amide bonds. The van der Waals surface area contributed by atoms with Crippen LogP contribution >= 0.6 is 0 Å². The minimum atomic E-state index is 0.244. The van der Waals surface area contributed by atoms with Gasteiger partial charge < -0.3 is 5.32 Å². The summed E-state index contributed by atoms with van der Waals surface area (Å²) in [5.41, 5.74) is 0.244. The molecule has 0 spiro atoms. The van der Waals surface area contributed by atoms with Crippen LogP contribution in [0.4, 0.5) is 0 Å². The van der Waals surface area contributed by atoms with E-state index in [0.717, 1.165) is 18.8 Å². The van der Waals surface area contributed by atoms with Crippen molar-refractivity contribution in [3.8, 4) is 0 Å². The molecule has 4 nitrogen and oxygen atoms in total. The highest BCUT2D eigenvalue weighted by Gasteiger charge is 2.35. The molecular weight excluding hydrogens is 224 g/mol. The molecule has 1 aliphatic rings. The Morgan fingerprint density at radius 1 is 1.39 bits per heavy atom. The largest absolute Gasteiger partial charge is 0.311 e. The molecule has 1 N–H and O–H groups in total. The predicted octanol–water partition coefficient (Wildman–Crippen LogP) is 2.57. The van der Waals surface area contributed by atoms with Crippen molar-refractivity contribution in [2.45, 2.75) is 65.0 Å². The summed E-state index contributed by atoms with van der Waals surface area (Å²) in [7, 11) is 0. The van der Waals surface area contributed by atoms with E-state index in [-0.39, 0.29) is 5.54 Å². The van der Waals surface area contributed by atoms with Gasteiger partial charge in [0.2, 0.25) is 0 Å². The molecular formula is C14H26N4. The van der Waals surface area contributed by atoms with Crippen LogP contribution in [-0.2, 0) is 6.42 Å². The average molecular weight is 250 g/mol. The molecule has 0 radical (unpaired) electrons. The van der Waals surface area contributed by atoms with Crippen LogP contribution in [0.3, 0.4) is 0 Å². The van der Waals surface area contributed by atoms with E-state index in [1.54, 1.807) is 6.33 Å². The zero-order valence-corrected chi connectivity index (χ0v) is 12.1. The van der Waals surface area contributed by atoms with Crippen molar-refractivity contribution in [3.05, 3.63) is 12.2 Å². The zero-order valence-electron chi connectivity index (χ0n) is 12.1. The van der Waals surface area contributed by atoms with Gasteiger partial charge in [0.15, 0.2) is 0 Å². The van der Waals surface area contributed by atoms with Crippen LogP contribution in [0.1, 0.15) is 58.8 Å². The molecule has 2 heterocycles. The Kier molecular flexibility index (Phi) is 4.05. The number of rotatable bonds is 5. The van der Waals surface area contributed by atoms with Gasteiger partial charge in [-0.25, -0.2) is 9.67 Å². The first-order chi connectivity index (χ1) is 8.52. The smallest absolute Gasteiger partial charge is 0.138 e. The van der Waals surface area contributed by atoms with Gasteiger partial charge >= 0.3 is 0 Å². The van der Waals surface area contributed by atoms with Gasteiger partial charge in [0, 0.05) is 18.0 Å². The second-order valence-corrected chi connectivity index (χ2v) is 6.30. The summed E-state index contributed by atoms with van der Waals surface area (Å²) < 4.78 is 2.06. The molecule has 1 unspecified atom stereocenters. The van der Waals surface area contributed by atoms with Crippen molar-refractivity contribution in [1.82, 2.24) is 20.1 Å². The Labute approximate surface area is 110 Å². The summed E-state index contributed by atoms with van der Waals surface area (Å²) in [4.78, 5) is 4.47. The molecule has 0 aromatic carbocycles. The molecule has 1 aromatic heterocycles. The Balaban J connectivity index is 2.16. The quantitative estimate of drug-likeness (QED) is 0.873. The van der Waals surface area contributed by atoms with Crippen molar-refractivity contribution in [2.75, 3.05) is 6.54 Å². The Hall–Kier alpha value is -0.900. The van der Waals surface area contributed by atoms with Crippen molar-refractivity contribution < 1.29 is 0 Å². The van der Waals surface area contributed by atoms with Crippen LogP contribution in [-0.4, -0.2) is 26.8 Å². The number of aromatic nitrogens is 3. The van der Waals surface area contributed by atoms with Gasteiger partial charge in [-0.05, 0) is 45.6 Å². The van der Waals surface area contributed by atoms with Gasteiger partial charge in [-0.1, -0.05) is 13.8 Å². The lowest BCUT2D eigenvalue weighted by Crippen LogP contribution is -2.43. The summed E-state index contributed by atoms with van der Waals surface area (Å²) >= 11 is 0. The molecule has 1 aromatic rings. The highest BCUT2D eigenvalue weighted by molar-refractivity contribution is 5.03. The Morgan fingerprint density at radius 3 is 2.72 bits per heavy atom. The van der Waals surface area contributed by atoms with Crippen LogP contribution in [0.5, 0.6) is 0 Å². The topological polar surface area (TPSA) is 42.7 Å². The highest BCUT2D eigenvalue weighted by atomic mass is 15.3. The fourth-order valence-electron chi connectivity index (χ4n) is 3.18. The van der Waals surface area contributed by atoms with E-state index < -0.39 is 0 Å². The SMILES string of the molecule is CC(C)CC1(Cc2ncnn2C(C)C)CCCN1. The highest BCUT2D eigenvalue weighted by Crippen LogP contribution is 2.30. The van der Waals surface area contributed by atoms with E-state index in [4.69, 9.17) is 0 Å². The third-order valence-electron chi connectivity index (χ3n) is 3.76. The van der Waals surface area contributed by atoms with Crippen LogP contribution < -0.4 is 5.32 Å². The van der Waals surface area contributed by atoms with E-state index in [1.165, 1.54) is 19.3 Å². The second-order valence-electron chi connectivity index (χ2n) is 6.30. The fourth-order valence-corrected chi connectivity index (χ4v) is 3.18. The Morgan fingerprint density at radius 2 is 2.17 bits per heavy atom. The van der Waals surface area contributed by atoms with Gasteiger partial charge in [0.05, 0.1) is 0 Å². The molecule has 102 valence electrons. The molecule has 1 fully saturated rings. The van der Waals surface area contributed by atoms with Gasteiger partial charge in [-0.2, -0.15) is 5.10 Å². The van der Waals surface area contributed by atoms with Gasteiger partial charge in [0.25, 0.3) is 0 Å². The standard InChI is InChI=1S/C14H26N4/c1-11(2)8-14(6-5-7-16-14)9-13-15-10-17-18(13)12(3)4/h10-12,16H,5-9H2,1-4H3. The minimum absolute atomic E-state index is 0.244. The van der Waals surface area contributed by atoms with Crippen LogP contribution in [0.25, 0.3) is 0 Å². The maximum absolute atomic E-state index is 4.47. The summed E-state index contributed by atoms with van der Waals surface area (Å²) in [5.74, 6) is 1.84. The third-order valence-corrected chi connectivity index (χ3v) is 3.76. The first-order valence-electron chi connectivity index (χ1n) is 7.16. The maximum Gasteiger partial charge on any atom is 0.138 e. The monoisotopic (exact) mass is 250 g/mol. The van der Waals surface area contributed by atoms with E-state index in [2.05, 4.69) is 47.8 Å². The number of hydrogen-bond acceptors (Lipinski definition) is 3. The van der Waals surface area contributed by atoms with E-state index in [0.29, 0.717) is 12.0 Å². The first-order valence-corrected chi connectivity index (χ1v) is 7.16. The molecule has 0 aliphatic carbocycles. The lowest BCUT2D eigenvalue weighted by atomic mass is 9.84. The van der Waals surface area contributed by atoms with E-state index in [9.17, 15) is 0 Å². The normalized spacial score (nSPS) is 24.3. The fraction of sp³-hybridized carbons (Fsp3) is 0.857. The summed E-state index contributed by atoms with van der Waals surface area (Å²) in [6.07, 6.45) is 6.45. The average Bonchev–Trinajstić information content (AvgIpc) is 2.87. The molecule has 1 aliphatic heterocycles. The van der Waals surface area contributed by atoms with E-state index in [1.807, 2.05) is 0 Å². The van der Waals surface area contributed by atoms with Crippen molar-refractivity contribution in [2.24, 2.45) is 5.92 Å². The molecule has 2 rings (SSSR count). The van der Waals surface area contributed by atoms with Gasteiger partial charge in [0.1, 0.15) is 12.2 Å². The lowest BCUT2D eigenvalue weighted by Gasteiger charge is -2.31. The molecule has 1 saturated heterocycles. The number of nitrogens with zero attached hydrogens (tertiary/aromatic N) is 3. The maximum atomic E-state index is 4.47. The molecule has 4 heteroatoms. The second kappa shape index (κ2) is 5.39. The van der Waals surface area contributed by atoms with Crippen LogP contribution in [0.2, 0.25) is 0 Å². The van der Waals surface area contributed by atoms with Gasteiger partial charge in [-0.3, -0.25) is 0 Å². The zero-order chi connectivity index (χ0) is 13.2. The van der Waals surface area contributed by atoms with Gasteiger partial charge in [-0.15, -0.1) is 0 Å². The third kappa shape index (κ3) is 2.91. The Bertz CT molecular complexity index is 375. The van der Waals surface area contributed by atoms with E-state index >= 15 is 0 Å². The molecule has 0 bridgehead atoms. The summed E-state index contributed by atoms with van der Waals surface area (Å²) in [6, 6.07) is 0.389. The number of nitrogens with one attached hydrogen (secondary N) is 1. The first kappa shape index (κ1) is 13.5. The minimum Gasteiger partial charge on any atom is -0.311 e. The summed E-state index contributed by atoms with van der Waals surface area (Å²) in [5, 5.41) is 8.07. The molecule has 18 heavy (non-hydrogen) atoms. The van der Waals surface area contributed by atoms with Crippen molar-refractivity contribution in [1.29, 1.82) is 0 Å². The van der Waals surface area contributed by atoms with Crippen molar-refractivity contribution in [3.63, 3.8) is 0 Å². The predicted molar refractivity (Wildman–Crippen MR) is 73.5 cm³/mol. The lowest BCUT2D eigenvalue weighted by molar-refractivity contribution is 0.290. The molecule has 1 atom stereocenters. The van der Waals surface area contributed by atoms with Crippen molar-refractivity contribution >= 4 is 0 Å². The van der Waals surface area contributed by atoms with Crippen LogP contribution in [0, 0.1) is 5.92 Å². The number of hydrogen-bond donors (Lipinski definition) is 1. The van der Waals surface area contributed by atoms with Crippen LogP contribution in [0.15, 0.2) is 6.33 Å².